The van der Waals surface area contributed by atoms with Crippen molar-refractivity contribution in [2.75, 3.05) is 13.1 Å². The molecule has 2 rings (SSSR count). The largest absolute Gasteiger partial charge is 0.316 e. The molecule has 0 saturated carbocycles. The van der Waals surface area contributed by atoms with E-state index in [0.29, 0.717) is 5.92 Å². The van der Waals surface area contributed by atoms with Gasteiger partial charge in [0.15, 0.2) is 0 Å². The second-order valence-electron chi connectivity index (χ2n) is 5.35. The third-order valence-corrected chi connectivity index (χ3v) is 5.65. The maximum atomic E-state index is 3.71. The lowest BCUT2D eigenvalue weighted by Crippen LogP contribution is -2.23. The number of hydrogen-bond acceptors (Lipinski definition) is 2. The van der Waals surface area contributed by atoms with Gasteiger partial charge >= 0.3 is 0 Å². The van der Waals surface area contributed by atoms with E-state index in [4.69, 9.17) is 0 Å². The van der Waals surface area contributed by atoms with Crippen molar-refractivity contribution >= 4 is 27.3 Å². The van der Waals surface area contributed by atoms with Crippen LogP contribution in [0.2, 0.25) is 0 Å². The minimum absolute atomic E-state index is 0.524. The Balaban J connectivity index is 2.13. The third-order valence-electron chi connectivity index (χ3n) is 3.68. The number of rotatable bonds is 8. The zero-order valence-electron chi connectivity index (χ0n) is 12.9. The summed E-state index contributed by atoms with van der Waals surface area (Å²) in [5, 5.41) is 3.59. The molecule has 114 valence electrons. The van der Waals surface area contributed by atoms with Crippen LogP contribution >= 0.6 is 27.3 Å². The molecule has 2 aromatic rings. The predicted molar refractivity (Wildman–Crippen MR) is 97.4 cm³/mol. The SMILES string of the molecule is CCCNCC(Cc1ccc(CC)s1)c1ccccc1Br. The fraction of sp³-hybridized carbons (Fsp3) is 0.444. The van der Waals surface area contributed by atoms with Crippen molar-refractivity contribution in [1.82, 2.24) is 5.32 Å². The molecule has 0 bridgehead atoms. The van der Waals surface area contributed by atoms with E-state index in [1.54, 1.807) is 0 Å². The molecule has 0 aliphatic heterocycles. The molecule has 0 amide bonds. The topological polar surface area (TPSA) is 12.0 Å². The normalized spacial score (nSPS) is 12.5. The van der Waals surface area contributed by atoms with Crippen molar-refractivity contribution in [3.63, 3.8) is 0 Å². The van der Waals surface area contributed by atoms with Gasteiger partial charge < -0.3 is 5.32 Å². The molecular formula is C18H24BrNS. The van der Waals surface area contributed by atoms with Crippen molar-refractivity contribution in [2.24, 2.45) is 0 Å². The van der Waals surface area contributed by atoms with E-state index < -0.39 is 0 Å². The lowest BCUT2D eigenvalue weighted by atomic mass is 9.95. The molecule has 21 heavy (non-hydrogen) atoms. The molecule has 1 nitrogen and oxygen atoms in total. The molecule has 1 aromatic carbocycles. The van der Waals surface area contributed by atoms with Crippen molar-refractivity contribution in [3.8, 4) is 0 Å². The highest BCUT2D eigenvalue weighted by Crippen LogP contribution is 2.30. The summed E-state index contributed by atoms with van der Waals surface area (Å²) in [4.78, 5) is 2.98. The Kier molecular flexibility index (Phi) is 6.94. The quantitative estimate of drug-likeness (QED) is 0.617. The van der Waals surface area contributed by atoms with Crippen LogP contribution in [0.5, 0.6) is 0 Å². The Morgan fingerprint density at radius 1 is 1.10 bits per heavy atom. The van der Waals surface area contributed by atoms with Crippen LogP contribution in [0.3, 0.4) is 0 Å². The first kappa shape index (κ1) is 16.7. The van der Waals surface area contributed by atoms with Crippen molar-refractivity contribution in [3.05, 3.63) is 56.2 Å². The molecule has 0 aliphatic rings. The van der Waals surface area contributed by atoms with Crippen LogP contribution in [-0.2, 0) is 12.8 Å². The molecule has 1 N–H and O–H groups in total. The summed E-state index contributed by atoms with van der Waals surface area (Å²) < 4.78 is 1.22. The zero-order chi connectivity index (χ0) is 15.1. The molecule has 3 heteroatoms. The first-order valence-electron chi connectivity index (χ1n) is 7.77. The minimum atomic E-state index is 0.524. The molecule has 0 saturated heterocycles. The van der Waals surface area contributed by atoms with Gasteiger partial charge in [-0.05, 0) is 49.6 Å². The summed E-state index contributed by atoms with van der Waals surface area (Å²) in [5.74, 6) is 0.524. The van der Waals surface area contributed by atoms with E-state index in [-0.39, 0.29) is 0 Å². The Hall–Kier alpha value is -0.640. The van der Waals surface area contributed by atoms with Gasteiger partial charge in [-0.1, -0.05) is 48.0 Å². The van der Waals surface area contributed by atoms with Crippen LogP contribution < -0.4 is 5.32 Å². The fourth-order valence-electron chi connectivity index (χ4n) is 2.52. The number of aryl methyl sites for hydroxylation is 1. The van der Waals surface area contributed by atoms with E-state index in [0.717, 1.165) is 25.9 Å². The van der Waals surface area contributed by atoms with Crippen molar-refractivity contribution in [1.29, 1.82) is 0 Å². The van der Waals surface area contributed by atoms with Crippen LogP contribution in [0, 0.1) is 0 Å². The second-order valence-corrected chi connectivity index (χ2v) is 7.46. The Morgan fingerprint density at radius 2 is 1.86 bits per heavy atom. The van der Waals surface area contributed by atoms with Gasteiger partial charge in [0, 0.05) is 26.7 Å². The van der Waals surface area contributed by atoms with Crippen molar-refractivity contribution in [2.45, 2.75) is 39.0 Å². The molecule has 0 radical (unpaired) electrons. The minimum Gasteiger partial charge on any atom is -0.316 e. The van der Waals surface area contributed by atoms with Gasteiger partial charge in [0.25, 0.3) is 0 Å². The molecule has 1 heterocycles. The third kappa shape index (κ3) is 4.94. The molecule has 0 aliphatic carbocycles. The monoisotopic (exact) mass is 365 g/mol. The summed E-state index contributed by atoms with van der Waals surface area (Å²) in [6, 6.07) is 13.2. The van der Waals surface area contributed by atoms with Crippen LogP contribution in [-0.4, -0.2) is 13.1 Å². The Labute approximate surface area is 140 Å². The predicted octanol–water partition coefficient (Wildman–Crippen LogP) is 5.40. The highest BCUT2D eigenvalue weighted by Gasteiger charge is 2.15. The van der Waals surface area contributed by atoms with E-state index >= 15 is 0 Å². The van der Waals surface area contributed by atoms with Crippen LogP contribution in [0.1, 0.15) is 41.5 Å². The Morgan fingerprint density at radius 3 is 2.52 bits per heavy atom. The first-order valence-corrected chi connectivity index (χ1v) is 9.38. The molecular weight excluding hydrogens is 342 g/mol. The number of halogens is 1. The number of hydrogen-bond donors (Lipinski definition) is 1. The van der Waals surface area contributed by atoms with Gasteiger partial charge in [0.2, 0.25) is 0 Å². The van der Waals surface area contributed by atoms with E-state index in [2.05, 4.69) is 71.5 Å². The highest BCUT2D eigenvalue weighted by molar-refractivity contribution is 9.10. The fourth-order valence-corrected chi connectivity index (χ4v) is 4.16. The summed E-state index contributed by atoms with van der Waals surface area (Å²) in [6.45, 7) is 6.57. The Bertz CT molecular complexity index is 550. The summed E-state index contributed by atoms with van der Waals surface area (Å²) in [7, 11) is 0. The number of nitrogens with one attached hydrogen (secondary N) is 1. The number of benzene rings is 1. The summed E-state index contributed by atoms with van der Waals surface area (Å²) in [5.41, 5.74) is 1.41. The van der Waals surface area contributed by atoms with E-state index in [9.17, 15) is 0 Å². The smallest absolute Gasteiger partial charge is 0.0210 e. The zero-order valence-corrected chi connectivity index (χ0v) is 15.3. The maximum Gasteiger partial charge on any atom is 0.0210 e. The summed E-state index contributed by atoms with van der Waals surface area (Å²) in [6.07, 6.45) is 3.43. The van der Waals surface area contributed by atoms with Gasteiger partial charge in [0.05, 0.1) is 0 Å². The van der Waals surface area contributed by atoms with Crippen LogP contribution in [0.15, 0.2) is 40.9 Å². The van der Waals surface area contributed by atoms with E-state index in [1.165, 1.54) is 26.2 Å². The molecule has 1 aromatic heterocycles. The van der Waals surface area contributed by atoms with Gasteiger partial charge in [-0.3, -0.25) is 0 Å². The average Bonchev–Trinajstić information content (AvgIpc) is 2.95. The lowest BCUT2D eigenvalue weighted by Gasteiger charge is -2.19. The first-order chi connectivity index (χ1) is 10.2. The molecule has 0 fully saturated rings. The van der Waals surface area contributed by atoms with Gasteiger partial charge in [-0.2, -0.15) is 0 Å². The van der Waals surface area contributed by atoms with Gasteiger partial charge in [-0.15, -0.1) is 11.3 Å². The molecule has 1 unspecified atom stereocenters. The second kappa shape index (κ2) is 8.72. The standard InChI is InChI=1S/C18H24BrNS/c1-3-11-20-13-14(17-7-5-6-8-18(17)19)12-16-10-9-15(4-2)21-16/h5-10,14,20H,3-4,11-13H2,1-2H3. The molecule has 0 spiro atoms. The maximum absolute atomic E-state index is 3.71. The van der Waals surface area contributed by atoms with Crippen LogP contribution in [0.25, 0.3) is 0 Å². The van der Waals surface area contributed by atoms with Crippen molar-refractivity contribution < 1.29 is 0 Å². The van der Waals surface area contributed by atoms with Gasteiger partial charge in [-0.25, -0.2) is 0 Å². The van der Waals surface area contributed by atoms with Crippen LogP contribution in [0.4, 0.5) is 0 Å². The lowest BCUT2D eigenvalue weighted by molar-refractivity contribution is 0.578. The average molecular weight is 366 g/mol. The molecule has 1 atom stereocenters. The van der Waals surface area contributed by atoms with E-state index in [1.807, 2.05) is 11.3 Å². The van der Waals surface area contributed by atoms with Gasteiger partial charge in [0.1, 0.15) is 0 Å². The number of thiophene rings is 1. The highest BCUT2D eigenvalue weighted by atomic mass is 79.9. The summed E-state index contributed by atoms with van der Waals surface area (Å²) >= 11 is 5.67.